The Hall–Kier alpha value is -1.40. The van der Waals surface area contributed by atoms with Crippen molar-refractivity contribution in [3.8, 4) is 0 Å². The zero-order chi connectivity index (χ0) is 11.8. The van der Waals surface area contributed by atoms with Gasteiger partial charge in [0, 0.05) is 12.6 Å². The van der Waals surface area contributed by atoms with E-state index in [0.717, 1.165) is 0 Å². The zero-order valence-electron chi connectivity index (χ0n) is 9.18. The molecule has 1 rings (SSSR count). The van der Waals surface area contributed by atoms with Gasteiger partial charge in [-0.2, -0.15) is 0 Å². The number of carbonyl (C=O) groups is 1. The van der Waals surface area contributed by atoms with Crippen LogP contribution in [0, 0.1) is 0 Å². The van der Waals surface area contributed by atoms with Crippen LogP contribution in [0.4, 0.5) is 0 Å². The molecule has 90 valence electrons. The van der Waals surface area contributed by atoms with Gasteiger partial charge in [-0.05, 0) is 6.92 Å². The van der Waals surface area contributed by atoms with Crippen molar-refractivity contribution in [2.75, 3.05) is 13.2 Å². The minimum atomic E-state index is -0.748. The highest BCUT2D eigenvalue weighted by Gasteiger charge is 2.11. The Morgan fingerprint density at radius 1 is 1.75 bits per heavy atom. The summed E-state index contributed by atoms with van der Waals surface area (Å²) < 4.78 is 9.56. The normalized spacial score (nSPS) is 12.4. The molecule has 0 saturated heterocycles. The molecule has 0 radical (unpaired) electrons. The molecule has 1 atom stereocenters. The fourth-order valence-electron chi connectivity index (χ4n) is 1.18. The summed E-state index contributed by atoms with van der Waals surface area (Å²) in [6.45, 7) is 2.84. The quantitative estimate of drug-likeness (QED) is 0.643. The smallest absolute Gasteiger partial charge is 0.308 e. The molecule has 6 heteroatoms. The van der Waals surface area contributed by atoms with Crippen LogP contribution >= 0.6 is 0 Å². The SMILES string of the molecule is CCOC(=O)CC(O)CNCc1ccno1. The third kappa shape index (κ3) is 4.90. The zero-order valence-corrected chi connectivity index (χ0v) is 9.18. The van der Waals surface area contributed by atoms with E-state index >= 15 is 0 Å². The Labute approximate surface area is 93.6 Å². The van der Waals surface area contributed by atoms with Gasteiger partial charge in [0.15, 0.2) is 0 Å². The molecule has 0 fully saturated rings. The topological polar surface area (TPSA) is 84.6 Å². The Morgan fingerprint density at radius 2 is 2.56 bits per heavy atom. The molecule has 0 amide bonds. The third-order valence-electron chi connectivity index (χ3n) is 1.88. The minimum Gasteiger partial charge on any atom is -0.466 e. The lowest BCUT2D eigenvalue weighted by Gasteiger charge is -2.09. The van der Waals surface area contributed by atoms with Crippen molar-refractivity contribution in [3.63, 3.8) is 0 Å². The minimum absolute atomic E-state index is 0.00273. The first-order valence-electron chi connectivity index (χ1n) is 5.16. The lowest BCUT2D eigenvalue weighted by atomic mass is 10.2. The molecule has 0 aliphatic carbocycles. The number of aromatic nitrogens is 1. The maximum Gasteiger partial charge on any atom is 0.308 e. The molecule has 0 bridgehead atoms. The molecule has 0 saturated carbocycles. The number of esters is 1. The number of ether oxygens (including phenoxy) is 1. The lowest BCUT2D eigenvalue weighted by molar-refractivity contribution is -0.145. The summed E-state index contributed by atoms with van der Waals surface area (Å²) in [6.07, 6.45) is 0.797. The molecular formula is C10H16N2O4. The van der Waals surface area contributed by atoms with Gasteiger partial charge in [-0.25, -0.2) is 0 Å². The van der Waals surface area contributed by atoms with E-state index in [1.54, 1.807) is 19.2 Å². The Morgan fingerprint density at radius 3 is 3.19 bits per heavy atom. The largest absolute Gasteiger partial charge is 0.466 e. The first-order chi connectivity index (χ1) is 7.72. The fourth-order valence-corrected chi connectivity index (χ4v) is 1.18. The van der Waals surface area contributed by atoms with Gasteiger partial charge in [-0.15, -0.1) is 0 Å². The third-order valence-corrected chi connectivity index (χ3v) is 1.88. The number of rotatable bonds is 7. The van der Waals surface area contributed by atoms with Crippen molar-refractivity contribution in [1.29, 1.82) is 0 Å². The average Bonchev–Trinajstić information content (AvgIpc) is 2.70. The van der Waals surface area contributed by atoms with Crippen LogP contribution in [0.2, 0.25) is 0 Å². The van der Waals surface area contributed by atoms with Crippen molar-refractivity contribution >= 4 is 5.97 Å². The average molecular weight is 228 g/mol. The molecule has 0 aliphatic rings. The number of hydrogen-bond acceptors (Lipinski definition) is 6. The second-order valence-electron chi connectivity index (χ2n) is 3.27. The van der Waals surface area contributed by atoms with Gasteiger partial charge >= 0.3 is 5.97 Å². The van der Waals surface area contributed by atoms with Gasteiger partial charge in [-0.3, -0.25) is 4.79 Å². The van der Waals surface area contributed by atoms with E-state index in [4.69, 9.17) is 9.26 Å². The summed E-state index contributed by atoms with van der Waals surface area (Å²) in [6, 6.07) is 1.73. The van der Waals surface area contributed by atoms with E-state index in [2.05, 4.69) is 10.5 Å². The summed E-state index contributed by atoms with van der Waals surface area (Å²) in [5.41, 5.74) is 0. The predicted molar refractivity (Wildman–Crippen MR) is 55.5 cm³/mol. The Balaban J connectivity index is 2.10. The number of nitrogens with one attached hydrogen (secondary N) is 1. The van der Waals surface area contributed by atoms with Gasteiger partial charge in [0.2, 0.25) is 0 Å². The van der Waals surface area contributed by atoms with Crippen LogP contribution in [0.1, 0.15) is 19.1 Å². The van der Waals surface area contributed by atoms with Crippen LogP contribution in [0.25, 0.3) is 0 Å². The van der Waals surface area contributed by atoms with Crippen LogP contribution in [-0.2, 0) is 16.1 Å². The van der Waals surface area contributed by atoms with Gasteiger partial charge in [0.05, 0.1) is 31.9 Å². The van der Waals surface area contributed by atoms with E-state index in [1.165, 1.54) is 0 Å². The van der Waals surface area contributed by atoms with Gasteiger partial charge in [-0.1, -0.05) is 5.16 Å². The molecule has 2 N–H and O–H groups in total. The highest BCUT2D eigenvalue weighted by molar-refractivity contribution is 5.69. The van der Waals surface area contributed by atoms with Crippen LogP contribution in [0.15, 0.2) is 16.8 Å². The molecular weight excluding hydrogens is 212 g/mol. The number of nitrogens with zero attached hydrogens (tertiary/aromatic N) is 1. The number of aliphatic hydroxyl groups is 1. The number of aliphatic hydroxyl groups excluding tert-OH is 1. The lowest BCUT2D eigenvalue weighted by Crippen LogP contribution is -2.28. The maximum atomic E-state index is 11.0. The van der Waals surface area contributed by atoms with Crippen LogP contribution in [0.3, 0.4) is 0 Å². The highest BCUT2D eigenvalue weighted by atomic mass is 16.5. The predicted octanol–water partition coefficient (Wildman–Crippen LogP) is 0.0783. The summed E-state index contributed by atoms with van der Waals surface area (Å²) in [5, 5.41) is 15.9. The highest BCUT2D eigenvalue weighted by Crippen LogP contribution is 1.97. The van der Waals surface area contributed by atoms with Crippen LogP contribution in [-0.4, -0.2) is 35.5 Å². The van der Waals surface area contributed by atoms with E-state index in [-0.39, 0.29) is 6.42 Å². The molecule has 6 nitrogen and oxygen atoms in total. The van der Waals surface area contributed by atoms with Crippen LogP contribution < -0.4 is 5.32 Å². The Kier molecular flexibility index (Phi) is 5.52. The maximum absolute atomic E-state index is 11.0. The molecule has 1 unspecified atom stereocenters. The first kappa shape index (κ1) is 12.7. The fraction of sp³-hybridized carbons (Fsp3) is 0.600. The number of hydrogen-bond donors (Lipinski definition) is 2. The summed E-state index contributed by atoms with van der Waals surface area (Å²) >= 11 is 0. The van der Waals surface area contributed by atoms with Gasteiger partial charge in [0.1, 0.15) is 5.76 Å². The van der Waals surface area contributed by atoms with E-state index in [1.807, 2.05) is 0 Å². The van der Waals surface area contributed by atoms with Crippen molar-refractivity contribution in [2.24, 2.45) is 0 Å². The Bertz CT molecular complexity index is 300. The molecule has 1 aromatic rings. The molecule has 1 aromatic heterocycles. The molecule has 0 aromatic carbocycles. The molecule has 1 heterocycles. The van der Waals surface area contributed by atoms with Crippen molar-refractivity contribution in [2.45, 2.75) is 26.0 Å². The summed E-state index contributed by atoms with van der Waals surface area (Å²) in [4.78, 5) is 11.0. The second kappa shape index (κ2) is 6.97. The summed E-state index contributed by atoms with van der Waals surface area (Å²) in [5.74, 6) is 0.291. The first-order valence-corrected chi connectivity index (χ1v) is 5.16. The molecule has 16 heavy (non-hydrogen) atoms. The van der Waals surface area contributed by atoms with Crippen molar-refractivity contribution < 1.29 is 19.2 Å². The van der Waals surface area contributed by atoms with E-state index < -0.39 is 12.1 Å². The molecule has 0 aliphatic heterocycles. The van der Waals surface area contributed by atoms with Crippen LogP contribution in [0.5, 0.6) is 0 Å². The summed E-state index contributed by atoms with van der Waals surface area (Å²) in [7, 11) is 0. The van der Waals surface area contributed by atoms with Gasteiger partial charge in [0.25, 0.3) is 0 Å². The van der Waals surface area contributed by atoms with Gasteiger partial charge < -0.3 is 19.7 Å². The van der Waals surface area contributed by atoms with Crippen molar-refractivity contribution in [3.05, 3.63) is 18.0 Å². The van der Waals surface area contributed by atoms with E-state index in [9.17, 15) is 9.90 Å². The molecule has 0 spiro atoms. The second-order valence-corrected chi connectivity index (χ2v) is 3.27. The standard InChI is InChI=1S/C10H16N2O4/c1-2-15-10(14)5-8(13)6-11-7-9-3-4-12-16-9/h3-4,8,11,13H,2,5-7H2,1H3. The number of carbonyl (C=O) groups excluding carboxylic acids is 1. The van der Waals surface area contributed by atoms with E-state index in [0.29, 0.717) is 25.5 Å². The monoisotopic (exact) mass is 228 g/mol. The van der Waals surface area contributed by atoms with Crippen molar-refractivity contribution in [1.82, 2.24) is 10.5 Å².